The quantitative estimate of drug-likeness (QED) is 0.895. The molecule has 2 N–H and O–H groups in total. The average Bonchev–Trinajstić information content (AvgIpc) is 2.42. The second-order valence-electron chi connectivity index (χ2n) is 6.83. The third kappa shape index (κ3) is 3.26. The van der Waals surface area contributed by atoms with Crippen molar-refractivity contribution in [2.75, 3.05) is 0 Å². The highest BCUT2D eigenvalue weighted by Crippen LogP contribution is 2.26. The molecule has 1 aromatic carbocycles. The molecule has 0 spiro atoms. The lowest BCUT2D eigenvalue weighted by Crippen LogP contribution is -2.63. The summed E-state index contributed by atoms with van der Waals surface area (Å²) in [4.78, 5) is 24.2. The lowest BCUT2D eigenvalue weighted by molar-refractivity contribution is -0.130. The molecule has 0 aliphatic carbocycles. The van der Waals surface area contributed by atoms with Gasteiger partial charge in [-0.3, -0.25) is 9.59 Å². The number of benzene rings is 1. The summed E-state index contributed by atoms with van der Waals surface area (Å²) < 4.78 is 0. The number of hydrogen-bond acceptors (Lipinski definition) is 2. The molecule has 1 fully saturated rings. The second kappa shape index (κ2) is 5.51. The maximum absolute atomic E-state index is 12.7. The zero-order valence-corrected chi connectivity index (χ0v) is 13.2. The number of carbonyl (C=O) groups excluding carboxylic acids is 2. The van der Waals surface area contributed by atoms with Crippen LogP contribution in [0, 0.1) is 0 Å². The van der Waals surface area contributed by atoms with Crippen molar-refractivity contribution >= 4 is 11.8 Å². The molecular formula is C17H24N2O2. The molecule has 1 atom stereocenters. The summed E-state index contributed by atoms with van der Waals surface area (Å²) in [5.74, 6) is 0.0377. The maximum Gasteiger partial charge on any atom is 0.230 e. The molecule has 1 unspecified atom stereocenters. The van der Waals surface area contributed by atoms with E-state index in [9.17, 15) is 9.59 Å². The molecule has 0 aromatic heterocycles. The van der Waals surface area contributed by atoms with E-state index in [1.165, 1.54) is 0 Å². The van der Waals surface area contributed by atoms with Crippen molar-refractivity contribution in [3.63, 3.8) is 0 Å². The van der Waals surface area contributed by atoms with Crippen LogP contribution in [0.15, 0.2) is 30.3 Å². The Kier molecular flexibility index (Phi) is 4.08. The highest BCUT2D eigenvalue weighted by atomic mass is 16.2. The summed E-state index contributed by atoms with van der Waals surface area (Å²) in [7, 11) is 0. The summed E-state index contributed by atoms with van der Waals surface area (Å²) in [5.41, 5.74) is -0.0311. The number of carbonyl (C=O) groups is 2. The molecule has 0 bridgehead atoms. The Bertz CT molecular complexity index is 535. The van der Waals surface area contributed by atoms with E-state index < -0.39 is 11.0 Å². The first-order chi connectivity index (χ1) is 9.73. The third-order valence-corrected chi connectivity index (χ3v) is 4.36. The molecule has 114 valence electrons. The minimum atomic E-state index is -0.598. The Morgan fingerprint density at radius 2 is 1.90 bits per heavy atom. The van der Waals surface area contributed by atoms with Crippen molar-refractivity contribution in [3.8, 4) is 0 Å². The van der Waals surface area contributed by atoms with Crippen LogP contribution < -0.4 is 10.6 Å². The van der Waals surface area contributed by atoms with Crippen molar-refractivity contribution in [1.29, 1.82) is 0 Å². The summed E-state index contributed by atoms with van der Waals surface area (Å²) in [6.45, 7) is 7.74. The number of nitrogens with one attached hydrogen (secondary N) is 2. The molecule has 4 heteroatoms. The van der Waals surface area contributed by atoms with Gasteiger partial charge in [0.05, 0.1) is 17.0 Å². The molecule has 1 aliphatic heterocycles. The lowest BCUT2D eigenvalue weighted by atomic mass is 9.81. The van der Waals surface area contributed by atoms with Crippen LogP contribution in [0.1, 0.15) is 46.1 Å². The van der Waals surface area contributed by atoms with Gasteiger partial charge in [0.2, 0.25) is 11.8 Å². The van der Waals surface area contributed by atoms with E-state index in [2.05, 4.69) is 10.6 Å². The van der Waals surface area contributed by atoms with E-state index >= 15 is 0 Å². The molecule has 4 nitrogen and oxygen atoms in total. The fraction of sp³-hybridized carbons (Fsp3) is 0.529. The van der Waals surface area contributed by atoms with Crippen LogP contribution in [-0.4, -0.2) is 23.4 Å². The summed E-state index contributed by atoms with van der Waals surface area (Å²) >= 11 is 0. The number of amides is 2. The Hall–Kier alpha value is -1.84. The van der Waals surface area contributed by atoms with E-state index in [0.717, 1.165) is 5.56 Å². The van der Waals surface area contributed by atoms with Gasteiger partial charge >= 0.3 is 0 Å². The van der Waals surface area contributed by atoms with Crippen LogP contribution in [0.25, 0.3) is 0 Å². The smallest absolute Gasteiger partial charge is 0.230 e. The standard InChI is InChI=1S/C17H24N2O2/c1-16(2,12-8-6-5-7-9-12)15(21)18-13-10-11-14(20)19-17(13,3)4/h5-9,13H,10-11H2,1-4H3,(H,18,21)(H,19,20). The van der Waals surface area contributed by atoms with E-state index in [-0.39, 0.29) is 17.9 Å². The normalized spacial score (nSPS) is 21.5. The van der Waals surface area contributed by atoms with Crippen LogP contribution >= 0.6 is 0 Å². The molecule has 2 rings (SSSR count). The molecule has 1 heterocycles. The molecule has 1 saturated heterocycles. The van der Waals surface area contributed by atoms with Crippen molar-refractivity contribution in [2.24, 2.45) is 0 Å². The first kappa shape index (κ1) is 15.5. The van der Waals surface area contributed by atoms with Gasteiger partial charge in [0.1, 0.15) is 0 Å². The average molecular weight is 288 g/mol. The van der Waals surface area contributed by atoms with Gasteiger partial charge in [0.15, 0.2) is 0 Å². The molecule has 0 radical (unpaired) electrons. The van der Waals surface area contributed by atoms with E-state index in [0.29, 0.717) is 12.8 Å². The van der Waals surface area contributed by atoms with Gasteiger partial charge in [-0.1, -0.05) is 30.3 Å². The van der Waals surface area contributed by atoms with Crippen LogP contribution in [0.3, 0.4) is 0 Å². The fourth-order valence-corrected chi connectivity index (χ4v) is 2.72. The van der Waals surface area contributed by atoms with Gasteiger partial charge < -0.3 is 10.6 Å². The maximum atomic E-state index is 12.7. The number of rotatable bonds is 3. The lowest BCUT2D eigenvalue weighted by Gasteiger charge is -2.41. The van der Waals surface area contributed by atoms with E-state index in [1.54, 1.807) is 0 Å². The highest BCUT2D eigenvalue weighted by Gasteiger charge is 2.39. The first-order valence-corrected chi connectivity index (χ1v) is 7.41. The third-order valence-electron chi connectivity index (χ3n) is 4.36. The van der Waals surface area contributed by atoms with Gasteiger partial charge in [-0.15, -0.1) is 0 Å². The van der Waals surface area contributed by atoms with Crippen LogP contribution in [-0.2, 0) is 15.0 Å². The van der Waals surface area contributed by atoms with Crippen molar-refractivity contribution < 1.29 is 9.59 Å². The largest absolute Gasteiger partial charge is 0.350 e. The van der Waals surface area contributed by atoms with Gasteiger partial charge in [0, 0.05) is 6.42 Å². The second-order valence-corrected chi connectivity index (χ2v) is 6.83. The van der Waals surface area contributed by atoms with Gasteiger partial charge in [0.25, 0.3) is 0 Å². The Morgan fingerprint density at radius 1 is 1.29 bits per heavy atom. The van der Waals surface area contributed by atoms with Crippen molar-refractivity contribution in [1.82, 2.24) is 10.6 Å². The predicted octanol–water partition coefficient (Wildman–Crippen LogP) is 2.14. The minimum Gasteiger partial charge on any atom is -0.350 e. The predicted molar refractivity (Wildman–Crippen MR) is 82.9 cm³/mol. The number of piperidine rings is 1. The highest BCUT2D eigenvalue weighted by molar-refractivity contribution is 5.88. The molecule has 21 heavy (non-hydrogen) atoms. The van der Waals surface area contributed by atoms with Crippen LogP contribution in [0.2, 0.25) is 0 Å². The molecule has 1 aromatic rings. The van der Waals surface area contributed by atoms with Gasteiger partial charge in [-0.05, 0) is 39.7 Å². The summed E-state index contributed by atoms with van der Waals surface area (Å²) in [6, 6.07) is 9.70. The topological polar surface area (TPSA) is 58.2 Å². The minimum absolute atomic E-state index is 0.0112. The Balaban J connectivity index is 2.12. The first-order valence-electron chi connectivity index (χ1n) is 7.41. The zero-order valence-electron chi connectivity index (χ0n) is 13.2. The molecule has 0 saturated carbocycles. The van der Waals surface area contributed by atoms with E-state index in [4.69, 9.17) is 0 Å². The van der Waals surface area contributed by atoms with E-state index in [1.807, 2.05) is 58.0 Å². The van der Waals surface area contributed by atoms with Crippen LogP contribution in [0.4, 0.5) is 0 Å². The fourth-order valence-electron chi connectivity index (χ4n) is 2.72. The van der Waals surface area contributed by atoms with Crippen molar-refractivity contribution in [2.45, 2.75) is 57.5 Å². The van der Waals surface area contributed by atoms with Crippen molar-refractivity contribution in [3.05, 3.63) is 35.9 Å². The summed E-state index contributed by atoms with van der Waals surface area (Å²) in [6.07, 6.45) is 1.13. The molecule has 1 aliphatic rings. The zero-order chi connectivity index (χ0) is 15.7. The van der Waals surface area contributed by atoms with Crippen LogP contribution in [0.5, 0.6) is 0 Å². The summed E-state index contributed by atoms with van der Waals surface area (Å²) in [5, 5.41) is 6.06. The van der Waals surface area contributed by atoms with Gasteiger partial charge in [-0.2, -0.15) is 0 Å². The Morgan fingerprint density at radius 3 is 2.48 bits per heavy atom. The SMILES string of the molecule is CC(C)(C(=O)NC1CCC(=O)NC1(C)C)c1ccccc1. The Labute approximate surface area is 126 Å². The molecule has 2 amide bonds. The monoisotopic (exact) mass is 288 g/mol. The van der Waals surface area contributed by atoms with Gasteiger partial charge in [-0.25, -0.2) is 0 Å². The molecular weight excluding hydrogens is 264 g/mol. The number of hydrogen-bond donors (Lipinski definition) is 2.